The van der Waals surface area contributed by atoms with Crippen LogP contribution in [0.1, 0.15) is 37.4 Å². The van der Waals surface area contributed by atoms with Crippen LogP contribution in [0, 0.1) is 0 Å². The summed E-state index contributed by atoms with van der Waals surface area (Å²) in [7, 11) is 0. The quantitative estimate of drug-likeness (QED) is 0.683. The molecule has 0 N–H and O–H groups in total. The Hall–Kier alpha value is -1.04. The van der Waals surface area contributed by atoms with E-state index in [0.29, 0.717) is 25.7 Å². The zero-order valence-electron chi connectivity index (χ0n) is 13.5. The van der Waals surface area contributed by atoms with E-state index in [9.17, 15) is 4.79 Å². The molecule has 1 aromatic heterocycles. The number of carbonyl (C=O) groups is 1. The second-order valence-electron chi connectivity index (χ2n) is 6.27. The molecule has 3 rings (SSSR count). The maximum Gasteiger partial charge on any atom is 0.237 e. The number of carbonyl (C=O) groups excluding carboxylic acids is 1. The van der Waals surface area contributed by atoms with Crippen molar-refractivity contribution in [1.29, 1.82) is 0 Å². The van der Waals surface area contributed by atoms with Crippen LogP contribution in [-0.2, 0) is 20.8 Å². The Morgan fingerprint density at radius 1 is 1.35 bits per heavy atom. The average Bonchev–Trinajstić information content (AvgIpc) is 3.33. The molecule has 2 fully saturated rings. The molecule has 23 heavy (non-hydrogen) atoms. The zero-order valence-corrected chi connectivity index (χ0v) is 14.2. The standard InChI is InChI=1S/C17H25ClN2O3/c18-12-17(21)19(8-11-23-16-5-9-22-10-6-16)13-15-2-1-7-20(15)14-3-4-14/h1-2,7,14,16H,3-6,8-13H2. The summed E-state index contributed by atoms with van der Waals surface area (Å²) in [6.07, 6.45) is 6.71. The first-order valence-corrected chi connectivity index (χ1v) is 9.00. The Labute approximate surface area is 142 Å². The molecule has 1 aromatic rings. The first-order valence-electron chi connectivity index (χ1n) is 8.46. The number of aromatic nitrogens is 1. The van der Waals surface area contributed by atoms with Gasteiger partial charge >= 0.3 is 0 Å². The van der Waals surface area contributed by atoms with E-state index in [1.54, 1.807) is 4.90 Å². The molecule has 0 unspecified atom stereocenters. The van der Waals surface area contributed by atoms with E-state index < -0.39 is 0 Å². The van der Waals surface area contributed by atoms with Crippen molar-refractivity contribution in [2.24, 2.45) is 0 Å². The van der Waals surface area contributed by atoms with Crippen LogP contribution < -0.4 is 0 Å². The van der Waals surface area contributed by atoms with Crippen molar-refractivity contribution < 1.29 is 14.3 Å². The van der Waals surface area contributed by atoms with E-state index in [1.165, 1.54) is 18.5 Å². The maximum absolute atomic E-state index is 12.1. The van der Waals surface area contributed by atoms with Crippen LogP contribution in [0.4, 0.5) is 0 Å². The lowest BCUT2D eigenvalue weighted by Crippen LogP contribution is -2.36. The SMILES string of the molecule is O=C(CCl)N(CCOC1CCOCC1)Cc1cccn1C1CC1. The van der Waals surface area contributed by atoms with Crippen molar-refractivity contribution in [3.05, 3.63) is 24.0 Å². The van der Waals surface area contributed by atoms with Gasteiger partial charge in [-0.1, -0.05) is 0 Å². The molecule has 1 aliphatic heterocycles. The van der Waals surface area contributed by atoms with Crippen molar-refractivity contribution in [2.45, 2.75) is 44.4 Å². The number of hydrogen-bond acceptors (Lipinski definition) is 3. The number of ether oxygens (including phenoxy) is 2. The monoisotopic (exact) mass is 340 g/mol. The predicted octanol–water partition coefficient (Wildman–Crippen LogP) is 2.59. The van der Waals surface area contributed by atoms with Crippen LogP contribution in [-0.4, -0.2) is 53.7 Å². The number of hydrogen-bond donors (Lipinski definition) is 0. The highest BCUT2D eigenvalue weighted by molar-refractivity contribution is 6.27. The summed E-state index contributed by atoms with van der Waals surface area (Å²) in [5.41, 5.74) is 1.18. The minimum atomic E-state index is -0.0363. The molecule has 128 valence electrons. The minimum Gasteiger partial charge on any atom is -0.381 e. The lowest BCUT2D eigenvalue weighted by Gasteiger charge is -2.26. The highest BCUT2D eigenvalue weighted by Gasteiger charge is 2.26. The van der Waals surface area contributed by atoms with Gasteiger partial charge in [-0.15, -0.1) is 11.6 Å². The van der Waals surface area contributed by atoms with Crippen LogP contribution in [0.3, 0.4) is 0 Å². The van der Waals surface area contributed by atoms with Crippen molar-refractivity contribution in [3.63, 3.8) is 0 Å². The molecular weight excluding hydrogens is 316 g/mol. The van der Waals surface area contributed by atoms with Crippen molar-refractivity contribution >= 4 is 17.5 Å². The lowest BCUT2D eigenvalue weighted by atomic mass is 10.1. The van der Waals surface area contributed by atoms with Gasteiger partial charge in [0, 0.05) is 37.7 Å². The van der Waals surface area contributed by atoms with Crippen LogP contribution >= 0.6 is 11.6 Å². The van der Waals surface area contributed by atoms with Crippen LogP contribution in [0.2, 0.25) is 0 Å². The third-order valence-corrected chi connectivity index (χ3v) is 4.74. The zero-order chi connectivity index (χ0) is 16.1. The predicted molar refractivity (Wildman–Crippen MR) is 88.6 cm³/mol. The Morgan fingerprint density at radius 2 is 2.13 bits per heavy atom. The number of alkyl halides is 1. The molecule has 2 aliphatic rings. The van der Waals surface area contributed by atoms with Crippen LogP contribution in [0.15, 0.2) is 18.3 Å². The summed E-state index contributed by atoms with van der Waals surface area (Å²) in [5.74, 6) is -0.0210. The highest BCUT2D eigenvalue weighted by atomic mass is 35.5. The van der Waals surface area contributed by atoms with Crippen LogP contribution in [0.25, 0.3) is 0 Å². The average molecular weight is 341 g/mol. The molecule has 0 bridgehead atoms. The Bertz CT molecular complexity index is 510. The Balaban J connectivity index is 1.52. The third-order valence-electron chi connectivity index (χ3n) is 4.51. The molecule has 1 aliphatic carbocycles. The summed E-state index contributed by atoms with van der Waals surface area (Å²) in [4.78, 5) is 13.9. The lowest BCUT2D eigenvalue weighted by molar-refractivity contribution is -0.130. The first kappa shape index (κ1) is 16.8. The second-order valence-corrected chi connectivity index (χ2v) is 6.54. The molecule has 0 atom stereocenters. The first-order chi connectivity index (χ1) is 11.3. The van der Waals surface area contributed by atoms with E-state index in [0.717, 1.165) is 26.1 Å². The van der Waals surface area contributed by atoms with Gasteiger partial charge in [0.15, 0.2) is 0 Å². The van der Waals surface area contributed by atoms with Crippen LogP contribution in [0.5, 0.6) is 0 Å². The van der Waals surface area contributed by atoms with Gasteiger partial charge in [-0.05, 0) is 37.8 Å². The molecule has 5 nitrogen and oxygen atoms in total. The molecular formula is C17H25ClN2O3. The largest absolute Gasteiger partial charge is 0.381 e. The van der Waals surface area contributed by atoms with Gasteiger partial charge < -0.3 is 18.9 Å². The molecule has 6 heteroatoms. The van der Waals surface area contributed by atoms with Crippen molar-refractivity contribution in [1.82, 2.24) is 9.47 Å². The summed E-state index contributed by atoms with van der Waals surface area (Å²) in [5, 5.41) is 0. The third kappa shape index (κ3) is 4.72. The summed E-state index contributed by atoms with van der Waals surface area (Å²) >= 11 is 5.77. The summed E-state index contributed by atoms with van der Waals surface area (Å²) in [6, 6.07) is 4.76. The highest BCUT2D eigenvalue weighted by Crippen LogP contribution is 2.36. The molecule has 1 saturated carbocycles. The fourth-order valence-electron chi connectivity index (χ4n) is 3.02. The number of halogens is 1. The topological polar surface area (TPSA) is 43.7 Å². The van der Waals surface area contributed by atoms with Gasteiger partial charge in [-0.3, -0.25) is 4.79 Å². The summed E-state index contributed by atoms with van der Waals surface area (Å²) in [6.45, 7) is 3.27. The number of rotatable bonds is 8. The molecule has 1 saturated heterocycles. The molecule has 1 amide bonds. The maximum atomic E-state index is 12.1. The van der Waals surface area contributed by atoms with Gasteiger partial charge in [-0.25, -0.2) is 0 Å². The van der Waals surface area contributed by atoms with Gasteiger partial charge in [0.2, 0.25) is 5.91 Å². The van der Waals surface area contributed by atoms with Gasteiger partial charge in [0.1, 0.15) is 5.88 Å². The number of amides is 1. The van der Waals surface area contributed by atoms with E-state index in [2.05, 4.69) is 22.9 Å². The fraction of sp³-hybridized carbons (Fsp3) is 0.706. The molecule has 0 aromatic carbocycles. The normalized spacial score (nSPS) is 19.0. The Morgan fingerprint density at radius 3 is 2.83 bits per heavy atom. The minimum absolute atomic E-state index is 0.0153. The van der Waals surface area contributed by atoms with E-state index in [-0.39, 0.29) is 17.9 Å². The van der Waals surface area contributed by atoms with E-state index in [4.69, 9.17) is 21.1 Å². The smallest absolute Gasteiger partial charge is 0.237 e. The van der Waals surface area contributed by atoms with Gasteiger partial charge in [0.25, 0.3) is 0 Å². The van der Waals surface area contributed by atoms with E-state index >= 15 is 0 Å². The summed E-state index contributed by atoms with van der Waals surface area (Å²) < 4.78 is 13.5. The number of nitrogens with zero attached hydrogens (tertiary/aromatic N) is 2. The van der Waals surface area contributed by atoms with Crippen molar-refractivity contribution in [2.75, 3.05) is 32.2 Å². The van der Waals surface area contributed by atoms with Gasteiger partial charge in [-0.2, -0.15) is 0 Å². The molecule has 0 radical (unpaired) electrons. The second kappa shape index (κ2) is 8.18. The molecule has 2 heterocycles. The van der Waals surface area contributed by atoms with Crippen molar-refractivity contribution in [3.8, 4) is 0 Å². The van der Waals surface area contributed by atoms with Gasteiger partial charge in [0.05, 0.1) is 19.3 Å². The van der Waals surface area contributed by atoms with E-state index in [1.807, 2.05) is 0 Å². The Kier molecular flexibility index (Phi) is 5.97. The molecule has 0 spiro atoms. The fourth-order valence-corrected chi connectivity index (χ4v) is 3.19.